The lowest BCUT2D eigenvalue weighted by molar-refractivity contribution is 0.0438. The molecule has 1 aliphatic rings. The van der Waals surface area contributed by atoms with E-state index in [4.69, 9.17) is 9.26 Å². The largest absolute Gasteiger partial charge is 0.477 e. The van der Waals surface area contributed by atoms with Gasteiger partial charge in [0.25, 0.3) is 0 Å². The van der Waals surface area contributed by atoms with Crippen LogP contribution in [0.3, 0.4) is 0 Å². The SMILES string of the molecule is Cc1cccc(OCC2(CNCc3c(C)noc3C)CC(O)C(O)C2)n1. The fourth-order valence-electron chi connectivity index (χ4n) is 3.59. The van der Waals surface area contributed by atoms with Gasteiger partial charge in [-0.2, -0.15) is 0 Å². The number of pyridine rings is 1. The Morgan fingerprint density at radius 3 is 2.58 bits per heavy atom. The molecule has 0 radical (unpaired) electrons. The van der Waals surface area contributed by atoms with Gasteiger partial charge in [-0.3, -0.25) is 0 Å². The van der Waals surface area contributed by atoms with Crippen LogP contribution >= 0.6 is 0 Å². The predicted molar refractivity (Wildman–Crippen MR) is 95.8 cm³/mol. The quantitative estimate of drug-likeness (QED) is 0.689. The Balaban J connectivity index is 1.64. The molecule has 7 heteroatoms. The second kappa shape index (κ2) is 7.73. The Morgan fingerprint density at radius 2 is 1.96 bits per heavy atom. The third kappa shape index (κ3) is 4.23. The van der Waals surface area contributed by atoms with Gasteiger partial charge < -0.3 is 24.8 Å². The third-order valence-electron chi connectivity index (χ3n) is 5.10. The molecule has 1 aliphatic carbocycles. The number of aliphatic hydroxyl groups is 2. The molecule has 1 fully saturated rings. The van der Waals surface area contributed by atoms with Crippen LogP contribution in [0.15, 0.2) is 22.7 Å². The van der Waals surface area contributed by atoms with Crippen LogP contribution in [0.2, 0.25) is 0 Å². The maximum Gasteiger partial charge on any atom is 0.213 e. The van der Waals surface area contributed by atoms with Crippen LogP contribution in [-0.2, 0) is 6.54 Å². The first-order valence-electron chi connectivity index (χ1n) is 8.94. The average molecular weight is 361 g/mol. The molecule has 1 saturated carbocycles. The summed E-state index contributed by atoms with van der Waals surface area (Å²) in [6.07, 6.45) is -0.502. The Bertz CT molecular complexity index is 717. The summed E-state index contributed by atoms with van der Waals surface area (Å²) in [4.78, 5) is 4.36. The number of rotatable bonds is 7. The molecule has 3 rings (SSSR count). The Hall–Kier alpha value is -1.96. The highest BCUT2D eigenvalue weighted by Crippen LogP contribution is 2.38. The highest BCUT2D eigenvalue weighted by molar-refractivity contribution is 5.20. The highest BCUT2D eigenvalue weighted by atomic mass is 16.5. The van der Waals surface area contributed by atoms with Crippen LogP contribution in [0.4, 0.5) is 0 Å². The number of nitrogens with one attached hydrogen (secondary N) is 1. The number of nitrogens with zero attached hydrogens (tertiary/aromatic N) is 2. The fourth-order valence-corrected chi connectivity index (χ4v) is 3.59. The van der Waals surface area contributed by atoms with Gasteiger partial charge in [0.1, 0.15) is 5.76 Å². The second-order valence-corrected chi connectivity index (χ2v) is 7.36. The standard InChI is InChI=1S/C19H27N3O4/c1-12-5-4-6-18(21-12)25-11-19(7-16(23)17(24)8-19)10-20-9-15-13(2)22-26-14(15)3/h4-6,16-17,20,23-24H,7-11H2,1-3H3. The van der Waals surface area contributed by atoms with Crippen LogP contribution in [0.5, 0.6) is 5.88 Å². The zero-order valence-electron chi connectivity index (χ0n) is 15.5. The summed E-state index contributed by atoms with van der Waals surface area (Å²) >= 11 is 0. The van der Waals surface area contributed by atoms with Gasteiger partial charge in [0, 0.05) is 35.8 Å². The van der Waals surface area contributed by atoms with Crippen molar-refractivity contribution >= 4 is 0 Å². The molecule has 0 bridgehead atoms. The van der Waals surface area contributed by atoms with Gasteiger partial charge in [-0.1, -0.05) is 11.2 Å². The monoisotopic (exact) mass is 361 g/mol. The molecule has 7 nitrogen and oxygen atoms in total. The summed E-state index contributed by atoms with van der Waals surface area (Å²) in [6, 6.07) is 5.63. The van der Waals surface area contributed by atoms with E-state index in [-0.39, 0.29) is 5.41 Å². The van der Waals surface area contributed by atoms with Crippen LogP contribution in [0.1, 0.15) is 35.6 Å². The van der Waals surface area contributed by atoms with Crippen molar-refractivity contribution in [3.05, 3.63) is 40.9 Å². The lowest BCUT2D eigenvalue weighted by Gasteiger charge is -2.29. The van der Waals surface area contributed by atoms with E-state index in [1.54, 1.807) is 0 Å². The van der Waals surface area contributed by atoms with Gasteiger partial charge >= 0.3 is 0 Å². The fraction of sp³-hybridized carbons (Fsp3) is 0.579. The second-order valence-electron chi connectivity index (χ2n) is 7.36. The third-order valence-corrected chi connectivity index (χ3v) is 5.10. The van der Waals surface area contributed by atoms with E-state index in [1.807, 2.05) is 39.0 Å². The van der Waals surface area contributed by atoms with Gasteiger partial charge in [0.2, 0.25) is 5.88 Å². The predicted octanol–water partition coefficient (Wildman–Crippen LogP) is 1.67. The van der Waals surface area contributed by atoms with Crippen LogP contribution in [-0.4, -0.2) is 45.7 Å². The number of aromatic nitrogens is 2. The molecule has 142 valence electrons. The lowest BCUT2D eigenvalue weighted by atomic mass is 9.86. The van der Waals surface area contributed by atoms with E-state index < -0.39 is 12.2 Å². The van der Waals surface area contributed by atoms with Crippen LogP contribution < -0.4 is 10.1 Å². The van der Waals surface area contributed by atoms with E-state index in [2.05, 4.69) is 15.5 Å². The molecule has 0 saturated heterocycles. The van der Waals surface area contributed by atoms with E-state index in [0.717, 1.165) is 22.7 Å². The van der Waals surface area contributed by atoms with Crippen molar-refractivity contribution in [3.63, 3.8) is 0 Å². The molecule has 3 N–H and O–H groups in total. The minimum Gasteiger partial charge on any atom is -0.477 e. The number of aryl methyl sites for hydroxylation is 3. The van der Waals surface area contributed by atoms with Gasteiger partial charge in [-0.05, 0) is 39.7 Å². The van der Waals surface area contributed by atoms with Crippen molar-refractivity contribution in [1.82, 2.24) is 15.5 Å². The molecule has 2 aromatic rings. The smallest absolute Gasteiger partial charge is 0.213 e. The number of hydrogen-bond acceptors (Lipinski definition) is 7. The minimum atomic E-state index is -0.732. The summed E-state index contributed by atoms with van der Waals surface area (Å²) in [5, 5.41) is 27.5. The topological polar surface area (TPSA) is 101 Å². The Kier molecular flexibility index (Phi) is 5.60. The zero-order valence-corrected chi connectivity index (χ0v) is 15.5. The first-order chi connectivity index (χ1) is 12.4. The Morgan fingerprint density at radius 1 is 1.23 bits per heavy atom. The number of hydrogen-bond donors (Lipinski definition) is 3. The highest BCUT2D eigenvalue weighted by Gasteiger charge is 2.44. The van der Waals surface area contributed by atoms with Crippen molar-refractivity contribution in [2.45, 2.75) is 52.4 Å². The molecular weight excluding hydrogens is 334 g/mol. The molecule has 26 heavy (non-hydrogen) atoms. The molecule has 0 spiro atoms. The molecule has 2 unspecified atom stereocenters. The first-order valence-corrected chi connectivity index (χ1v) is 8.94. The van der Waals surface area contributed by atoms with Crippen molar-refractivity contribution in [2.75, 3.05) is 13.2 Å². The molecular formula is C19H27N3O4. The summed E-state index contributed by atoms with van der Waals surface area (Å²) < 4.78 is 11.1. The van der Waals surface area contributed by atoms with E-state index >= 15 is 0 Å². The molecule has 2 aromatic heterocycles. The van der Waals surface area contributed by atoms with Gasteiger partial charge in [0.05, 0.1) is 24.5 Å². The van der Waals surface area contributed by atoms with Gasteiger partial charge in [-0.15, -0.1) is 0 Å². The number of ether oxygens (including phenoxy) is 1. The van der Waals surface area contributed by atoms with Crippen molar-refractivity contribution in [1.29, 1.82) is 0 Å². The van der Waals surface area contributed by atoms with Gasteiger partial charge in [0.15, 0.2) is 0 Å². The molecule has 0 aliphatic heterocycles. The lowest BCUT2D eigenvalue weighted by Crippen LogP contribution is -2.38. The first kappa shape index (κ1) is 18.8. The summed E-state index contributed by atoms with van der Waals surface area (Å²) in [5.41, 5.74) is 2.44. The van der Waals surface area contributed by atoms with Crippen molar-refractivity contribution < 1.29 is 19.5 Å². The van der Waals surface area contributed by atoms with Crippen molar-refractivity contribution in [2.24, 2.45) is 5.41 Å². The van der Waals surface area contributed by atoms with Crippen LogP contribution in [0.25, 0.3) is 0 Å². The maximum absolute atomic E-state index is 10.1. The molecule has 0 aromatic carbocycles. The summed E-state index contributed by atoms with van der Waals surface area (Å²) in [6.45, 7) is 7.33. The van der Waals surface area contributed by atoms with Crippen LogP contribution in [0, 0.1) is 26.2 Å². The maximum atomic E-state index is 10.1. The Labute approximate surface area is 153 Å². The number of aliphatic hydroxyl groups excluding tert-OH is 2. The average Bonchev–Trinajstić information content (AvgIpc) is 3.06. The molecule has 0 amide bonds. The summed E-state index contributed by atoms with van der Waals surface area (Å²) in [7, 11) is 0. The van der Waals surface area contributed by atoms with E-state index in [0.29, 0.717) is 38.4 Å². The molecule has 2 atom stereocenters. The van der Waals surface area contributed by atoms with Gasteiger partial charge in [-0.25, -0.2) is 4.98 Å². The van der Waals surface area contributed by atoms with Crippen molar-refractivity contribution in [3.8, 4) is 5.88 Å². The van der Waals surface area contributed by atoms with E-state index in [9.17, 15) is 10.2 Å². The van der Waals surface area contributed by atoms with E-state index in [1.165, 1.54) is 0 Å². The molecule has 2 heterocycles. The summed E-state index contributed by atoms with van der Waals surface area (Å²) in [5.74, 6) is 1.36. The minimum absolute atomic E-state index is 0.358. The zero-order chi connectivity index (χ0) is 18.7. The normalized spacial score (nSPS) is 25.6.